The number of anilines is 1. The molecule has 1 amide bonds. The van der Waals surface area contributed by atoms with E-state index in [1.54, 1.807) is 11.8 Å². The van der Waals surface area contributed by atoms with Crippen LogP contribution < -0.4 is 15.8 Å². The van der Waals surface area contributed by atoms with Crippen LogP contribution in [-0.2, 0) is 6.42 Å². The Labute approximate surface area is 183 Å². The summed E-state index contributed by atoms with van der Waals surface area (Å²) in [4.78, 5) is 33.6. The Morgan fingerprint density at radius 1 is 1.33 bits per heavy atom. The molecule has 1 unspecified atom stereocenters. The Morgan fingerprint density at radius 3 is 2.87 bits per heavy atom. The minimum absolute atomic E-state index is 0.0223. The lowest BCUT2D eigenvalue weighted by Gasteiger charge is -2.30. The van der Waals surface area contributed by atoms with E-state index in [1.165, 1.54) is 33.4 Å². The summed E-state index contributed by atoms with van der Waals surface area (Å²) in [6.45, 7) is 4.54. The molecule has 1 atom stereocenters. The summed E-state index contributed by atoms with van der Waals surface area (Å²) in [5.74, 6) is 0.192. The third-order valence-corrected chi connectivity index (χ3v) is 7.03. The van der Waals surface area contributed by atoms with Crippen molar-refractivity contribution in [2.75, 3.05) is 30.8 Å². The van der Waals surface area contributed by atoms with E-state index in [-0.39, 0.29) is 5.56 Å². The number of thioether (sulfide) groups is 1. The normalized spacial score (nSPS) is 16.7. The van der Waals surface area contributed by atoms with E-state index in [1.807, 2.05) is 6.26 Å². The number of carbonyl (C=O) groups excluding carboxylic acids is 1. The van der Waals surface area contributed by atoms with Crippen molar-refractivity contribution in [3.05, 3.63) is 51.9 Å². The summed E-state index contributed by atoms with van der Waals surface area (Å²) >= 11 is 3.09. The lowest BCUT2D eigenvalue weighted by molar-refractivity contribution is 0.0952. The van der Waals surface area contributed by atoms with Crippen LogP contribution in [0.4, 0.5) is 5.13 Å². The van der Waals surface area contributed by atoms with Crippen molar-refractivity contribution in [2.45, 2.75) is 31.1 Å². The van der Waals surface area contributed by atoms with Gasteiger partial charge in [-0.25, -0.2) is 4.98 Å². The first-order valence-corrected chi connectivity index (χ1v) is 12.1. The molecule has 1 N–H and O–H groups in total. The van der Waals surface area contributed by atoms with Crippen LogP contribution in [0.3, 0.4) is 0 Å². The second kappa shape index (κ2) is 9.18. The van der Waals surface area contributed by atoms with Gasteiger partial charge in [-0.15, -0.1) is 16.9 Å². The monoisotopic (exact) mass is 443 g/mol. The number of hydrogen-bond donors (Lipinski definition) is 1. The molecule has 1 aliphatic heterocycles. The average molecular weight is 444 g/mol. The van der Waals surface area contributed by atoms with E-state index in [0.29, 0.717) is 23.8 Å². The van der Waals surface area contributed by atoms with Gasteiger partial charge in [0.15, 0.2) is 0 Å². The molecule has 158 valence electrons. The van der Waals surface area contributed by atoms with Gasteiger partial charge < -0.3 is 10.2 Å². The molecule has 3 aromatic rings. The van der Waals surface area contributed by atoms with E-state index >= 15 is 0 Å². The van der Waals surface area contributed by atoms with Crippen LogP contribution in [0.5, 0.6) is 0 Å². The van der Waals surface area contributed by atoms with E-state index in [9.17, 15) is 9.59 Å². The summed E-state index contributed by atoms with van der Waals surface area (Å²) in [7, 11) is 0. The molecule has 7 nitrogen and oxygen atoms in total. The number of rotatable bonds is 6. The van der Waals surface area contributed by atoms with Gasteiger partial charge in [0.25, 0.3) is 11.5 Å². The third-order valence-electron chi connectivity index (χ3n) is 5.31. The highest BCUT2D eigenvalue weighted by Gasteiger charge is 2.22. The molecule has 1 fully saturated rings. The van der Waals surface area contributed by atoms with Gasteiger partial charge in [0, 0.05) is 30.7 Å². The van der Waals surface area contributed by atoms with Gasteiger partial charge in [0.05, 0.1) is 0 Å². The topological polar surface area (TPSA) is 79.6 Å². The number of benzene rings is 1. The zero-order valence-electron chi connectivity index (χ0n) is 17.1. The smallest absolute Gasteiger partial charge is 0.288 e. The zero-order chi connectivity index (χ0) is 21.1. The average Bonchev–Trinajstić information content (AvgIpc) is 3.20. The molecule has 0 aliphatic carbocycles. The first-order valence-electron chi connectivity index (χ1n) is 10.1. The molecular weight excluding hydrogens is 418 g/mol. The Kier molecular flexibility index (Phi) is 6.38. The molecule has 2 aromatic heterocycles. The lowest BCUT2D eigenvalue weighted by atomic mass is 10.0. The van der Waals surface area contributed by atoms with Gasteiger partial charge in [0.1, 0.15) is 5.56 Å². The maximum Gasteiger partial charge on any atom is 0.288 e. The van der Waals surface area contributed by atoms with Crippen LogP contribution in [0.2, 0.25) is 0 Å². The second-order valence-corrected chi connectivity index (χ2v) is 9.42. The molecule has 0 radical (unpaired) electrons. The van der Waals surface area contributed by atoms with E-state index in [4.69, 9.17) is 0 Å². The number of aromatic nitrogens is 3. The number of amides is 1. The Hall–Kier alpha value is -2.39. The fourth-order valence-corrected chi connectivity index (χ4v) is 4.94. The van der Waals surface area contributed by atoms with Crippen LogP contribution in [-0.4, -0.2) is 46.4 Å². The Morgan fingerprint density at radius 2 is 2.13 bits per heavy atom. The standard InChI is InChI=1S/C21H25N5O2S2/c1-14-4-3-11-25(13-14)21-24-26-19(28)17(12-23-20(26)30-21)18(27)22-10-9-15-5-7-16(29-2)8-6-15/h5-8,12,14H,3-4,9-11,13H2,1-2H3,(H,22,27). The highest BCUT2D eigenvalue weighted by Crippen LogP contribution is 2.26. The fraction of sp³-hybridized carbons (Fsp3) is 0.429. The molecule has 9 heteroatoms. The minimum Gasteiger partial charge on any atom is -0.351 e. The van der Waals surface area contributed by atoms with Crippen molar-refractivity contribution in [1.29, 1.82) is 0 Å². The molecule has 1 aromatic carbocycles. The van der Waals surface area contributed by atoms with Crippen LogP contribution in [0.15, 0.2) is 40.2 Å². The maximum absolute atomic E-state index is 12.8. The zero-order valence-corrected chi connectivity index (χ0v) is 18.8. The molecule has 0 spiro atoms. The first kappa shape index (κ1) is 20.9. The summed E-state index contributed by atoms with van der Waals surface area (Å²) in [5.41, 5.74) is 0.738. The quantitative estimate of drug-likeness (QED) is 0.590. The molecule has 4 rings (SSSR count). The predicted octanol–water partition coefficient (Wildman–Crippen LogP) is 3.08. The third kappa shape index (κ3) is 4.52. The number of fused-ring (bicyclic) bond motifs is 1. The Bertz CT molecular complexity index is 1090. The van der Waals surface area contributed by atoms with E-state index in [0.717, 1.165) is 30.2 Å². The number of piperidine rings is 1. The summed E-state index contributed by atoms with van der Waals surface area (Å²) in [6.07, 6.45) is 6.43. The highest BCUT2D eigenvalue weighted by atomic mass is 32.2. The molecule has 1 aliphatic rings. The van der Waals surface area contributed by atoms with Crippen LogP contribution in [0.25, 0.3) is 4.96 Å². The molecule has 3 heterocycles. The summed E-state index contributed by atoms with van der Waals surface area (Å²) in [6, 6.07) is 8.24. The number of hydrogen-bond acceptors (Lipinski definition) is 7. The van der Waals surface area contributed by atoms with Crippen molar-refractivity contribution < 1.29 is 4.79 Å². The molecule has 1 saturated heterocycles. The van der Waals surface area contributed by atoms with Crippen LogP contribution in [0, 0.1) is 5.92 Å². The predicted molar refractivity (Wildman–Crippen MR) is 122 cm³/mol. The highest BCUT2D eigenvalue weighted by molar-refractivity contribution is 7.98. The minimum atomic E-state index is -0.422. The van der Waals surface area contributed by atoms with Crippen molar-refractivity contribution in [3.63, 3.8) is 0 Å². The Balaban J connectivity index is 1.44. The molecular formula is C21H25N5O2S2. The van der Waals surface area contributed by atoms with Gasteiger partial charge in [-0.3, -0.25) is 9.59 Å². The number of carbonyl (C=O) groups is 1. The molecule has 0 bridgehead atoms. The summed E-state index contributed by atoms with van der Waals surface area (Å²) in [5, 5.41) is 8.08. The maximum atomic E-state index is 12.8. The van der Waals surface area contributed by atoms with E-state index in [2.05, 4.69) is 51.5 Å². The first-order chi connectivity index (χ1) is 14.5. The van der Waals surface area contributed by atoms with Gasteiger partial charge in [0.2, 0.25) is 10.1 Å². The van der Waals surface area contributed by atoms with Crippen molar-refractivity contribution in [2.24, 2.45) is 5.92 Å². The molecule has 0 saturated carbocycles. The van der Waals surface area contributed by atoms with Crippen molar-refractivity contribution in [3.8, 4) is 0 Å². The summed E-state index contributed by atoms with van der Waals surface area (Å²) < 4.78 is 1.26. The number of nitrogens with zero attached hydrogens (tertiary/aromatic N) is 4. The van der Waals surface area contributed by atoms with Crippen LogP contribution >= 0.6 is 23.1 Å². The molecule has 30 heavy (non-hydrogen) atoms. The number of nitrogens with one attached hydrogen (secondary N) is 1. The van der Waals surface area contributed by atoms with Crippen LogP contribution in [0.1, 0.15) is 35.7 Å². The fourth-order valence-electron chi connectivity index (χ4n) is 3.63. The van der Waals surface area contributed by atoms with Gasteiger partial charge in [-0.1, -0.05) is 30.4 Å². The van der Waals surface area contributed by atoms with Gasteiger partial charge >= 0.3 is 0 Å². The van der Waals surface area contributed by atoms with Crippen molar-refractivity contribution in [1.82, 2.24) is 19.9 Å². The SMILES string of the molecule is CSc1ccc(CCNC(=O)c2cnc3sc(N4CCCC(C)C4)nn3c2=O)cc1. The van der Waals surface area contributed by atoms with Crippen molar-refractivity contribution >= 4 is 39.1 Å². The largest absolute Gasteiger partial charge is 0.351 e. The van der Waals surface area contributed by atoms with Gasteiger partial charge in [-0.05, 0) is 49.1 Å². The lowest BCUT2D eigenvalue weighted by Crippen LogP contribution is -2.35. The van der Waals surface area contributed by atoms with Gasteiger partial charge in [-0.2, -0.15) is 4.52 Å². The van der Waals surface area contributed by atoms with E-state index < -0.39 is 11.5 Å². The second-order valence-electron chi connectivity index (χ2n) is 7.60.